The van der Waals surface area contributed by atoms with Gasteiger partial charge >= 0.3 is 6.01 Å². The van der Waals surface area contributed by atoms with Crippen LogP contribution in [-0.2, 0) is 17.6 Å². The van der Waals surface area contributed by atoms with Gasteiger partial charge in [-0.1, -0.05) is 42.5 Å². The monoisotopic (exact) mass is 496 g/mol. The lowest BCUT2D eigenvalue weighted by atomic mass is 9.99. The summed E-state index contributed by atoms with van der Waals surface area (Å²) in [6, 6.07) is 26.9. The van der Waals surface area contributed by atoms with Crippen LogP contribution in [0.1, 0.15) is 41.5 Å². The van der Waals surface area contributed by atoms with E-state index in [2.05, 4.69) is 51.7 Å². The molecule has 7 nitrogen and oxygen atoms in total. The van der Waals surface area contributed by atoms with Gasteiger partial charge in [-0.2, -0.15) is 9.97 Å². The van der Waals surface area contributed by atoms with Gasteiger partial charge in [-0.25, -0.2) is 4.98 Å². The van der Waals surface area contributed by atoms with Crippen LogP contribution in [0.25, 0.3) is 0 Å². The summed E-state index contributed by atoms with van der Waals surface area (Å²) >= 11 is 0. The lowest BCUT2D eigenvalue weighted by Gasteiger charge is -2.21. The average Bonchev–Trinajstić information content (AvgIpc) is 2.95. The van der Waals surface area contributed by atoms with E-state index in [-0.39, 0.29) is 5.92 Å². The lowest BCUT2D eigenvalue weighted by Crippen LogP contribution is -2.18. The van der Waals surface area contributed by atoms with Gasteiger partial charge in [-0.3, -0.25) is 0 Å². The van der Waals surface area contributed by atoms with Crippen molar-refractivity contribution >= 4 is 11.4 Å². The number of nitrogens with zero attached hydrogens (tertiary/aromatic N) is 3. The first kappa shape index (κ1) is 24.7. The predicted molar refractivity (Wildman–Crippen MR) is 144 cm³/mol. The molecule has 0 atom stereocenters. The van der Waals surface area contributed by atoms with Crippen molar-refractivity contribution in [3.8, 4) is 11.8 Å². The van der Waals surface area contributed by atoms with Gasteiger partial charge in [0.1, 0.15) is 17.4 Å². The van der Waals surface area contributed by atoms with E-state index in [4.69, 9.17) is 19.2 Å². The third-order valence-electron chi connectivity index (χ3n) is 6.42. The molecule has 5 rings (SSSR count). The summed E-state index contributed by atoms with van der Waals surface area (Å²) in [6.07, 6.45) is 3.24. The summed E-state index contributed by atoms with van der Waals surface area (Å²) < 4.78 is 16.8. The number of ether oxygens (including phenoxy) is 3. The fourth-order valence-electron chi connectivity index (χ4n) is 4.33. The van der Waals surface area contributed by atoms with Crippen molar-refractivity contribution in [1.29, 1.82) is 0 Å². The molecule has 0 radical (unpaired) electrons. The quantitative estimate of drug-likeness (QED) is 0.300. The Hall–Kier alpha value is -3.97. The first-order valence-corrected chi connectivity index (χ1v) is 12.7. The Labute approximate surface area is 217 Å². The van der Waals surface area contributed by atoms with Crippen LogP contribution in [0.15, 0.2) is 78.9 Å². The minimum absolute atomic E-state index is 0.267. The minimum Gasteiger partial charge on any atom is -0.497 e. The molecule has 37 heavy (non-hydrogen) atoms. The van der Waals surface area contributed by atoms with Gasteiger partial charge in [0.2, 0.25) is 0 Å². The summed E-state index contributed by atoms with van der Waals surface area (Å²) in [5.41, 5.74) is 4.37. The molecule has 0 saturated carbocycles. The number of nitrogens with one attached hydrogen (secondary N) is 1. The van der Waals surface area contributed by atoms with Crippen molar-refractivity contribution in [2.45, 2.75) is 31.6 Å². The SMILES string of the molecule is COc1ccc(Nc2ccc(Cc3nc(OCCc4ccccc4)nc(C4CCOCC4)n3)cc2)cc1. The maximum absolute atomic E-state index is 6.01. The molecule has 4 aromatic rings. The molecular formula is C30H32N4O3. The van der Waals surface area contributed by atoms with Crippen LogP contribution in [0.4, 0.5) is 11.4 Å². The molecule has 1 saturated heterocycles. The molecule has 1 fully saturated rings. The molecule has 0 unspecified atom stereocenters. The molecule has 2 heterocycles. The van der Waals surface area contributed by atoms with Gasteiger partial charge in [0.25, 0.3) is 0 Å². The van der Waals surface area contributed by atoms with E-state index >= 15 is 0 Å². The summed E-state index contributed by atoms with van der Waals surface area (Å²) in [6.45, 7) is 1.99. The van der Waals surface area contributed by atoms with Crippen LogP contribution in [0.2, 0.25) is 0 Å². The van der Waals surface area contributed by atoms with Crippen molar-refractivity contribution in [3.63, 3.8) is 0 Å². The fraction of sp³-hybridized carbons (Fsp3) is 0.300. The highest BCUT2D eigenvalue weighted by Gasteiger charge is 2.21. The van der Waals surface area contributed by atoms with Crippen molar-refractivity contribution < 1.29 is 14.2 Å². The average molecular weight is 497 g/mol. The Morgan fingerprint density at radius 1 is 0.811 bits per heavy atom. The fourth-order valence-corrected chi connectivity index (χ4v) is 4.33. The van der Waals surface area contributed by atoms with Crippen LogP contribution in [-0.4, -0.2) is 41.9 Å². The van der Waals surface area contributed by atoms with E-state index < -0.39 is 0 Å². The smallest absolute Gasteiger partial charge is 0.319 e. The van der Waals surface area contributed by atoms with Crippen LogP contribution in [0.5, 0.6) is 11.8 Å². The highest BCUT2D eigenvalue weighted by Crippen LogP contribution is 2.26. The van der Waals surface area contributed by atoms with E-state index in [9.17, 15) is 0 Å². The number of anilines is 2. The number of aromatic nitrogens is 3. The summed E-state index contributed by atoms with van der Waals surface area (Å²) in [5.74, 6) is 2.63. The molecule has 0 amide bonds. The summed E-state index contributed by atoms with van der Waals surface area (Å²) in [7, 11) is 1.67. The maximum atomic E-state index is 6.01. The number of benzene rings is 3. The maximum Gasteiger partial charge on any atom is 0.319 e. The second kappa shape index (κ2) is 12.3. The number of rotatable bonds is 10. The zero-order valence-electron chi connectivity index (χ0n) is 21.1. The van der Waals surface area contributed by atoms with E-state index in [0.717, 1.165) is 66.8 Å². The molecule has 190 valence electrons. The topological polar surface area (TPSA) is 78.4 Å². The molecule has 0 spiro atoms. The standard InChI is InChI=1S/C30H32N4O3/c1-35-27-13-11-26(12-14-27)31-25-9-7-23(8-10-25)21-28-32-29(24-16-18-36-19-17-24)34-30(33-28)37-20-15-22-5-3-2-4-6-22/h2-14,24,31H,15-21H2,1H3. The Balaban J connectivity index is 1.27. The summed E-state index contributed by atoms with van der Waals surface area (Å²) in [4.78, 5) is 14.2. The molecule has 1 N–H and O–H groups in total. The molecule has 7 heteroatoms. The second-order valence-corrected chi connectivity index (χ2v) is 9.09. The van der Waals surface area contributed by atoms with Crippen LogP contribution < -0.4 is 14.8 Å². The first-order chi connectivity index (χ1) is 18.2. The van der Waals surface area contributed by atoms with E-state index in [1.54, 1.807) is 7.11 Å². The molecule has 0 bridgehead atoms. The van der Waals surface area contributed by atoms with E-state index in [0.29, 0.717) is 19.0 Å². The highest BCUT2D eigenvalue weighted by molar-refractivity contribution is 5.60. The van der Waals surface area contributed by atoms with Gasteiger partial charge < -0.3 is 19.5 Å². The van der Waals surface area contributed by atoms with Crippen LogP contribution in [0, 0.1) is 0 Å². The van der Waals surface area contributed by atoms with E-state index in [1.165, 1.54) is 5.56 Å². The van der Waals surface area contributed by atoms with Crippen LogP contribution >= 0.6 is 0 Å². The Morgan fingerprint density at radius 2 is 1.51 bits per heavy atom. The Bertz CT molecular complexity index is 1260. The van der Waals surface area contributed by atoms with Crippen molar-refractivity contribution in [2.24, 2.45) is 0 Å². The van der Waals surface area contributed by atoms with Gasteiger partial charge in [-0.05, 0) is 60.4 Å². The van der Waals surface area contributed by atoms with Crippen molar-refractivity contribution in [1.82, 2.24) is 15.0 Å². The van der Waals surface area contributed by atoms with Gasteiger partial charge in [0.15, 0.2) is 0 Å². The third kappa shape index (κ3) is 7.05. The van der Waals surface area contributed by atoms with Gasteiger partial charge in [-0.15, -0.1) is 0 Å². The van der Waals surface area contributed by atoms with Gasteiger partial charge in [0.05, 0.1) is 13.7 Å². The number of hydrogen-bond acceptors (Lipinski definition) is 7. The van der Waals surface area contributed by atoms with Gasteiger partial charge in [0, 0.05) is 43.3 Å². The van der Waals surface area contributed by atoms with Crippen LogP contribution in [0.3, 0.4) is 0 Å². The van der Waals surface area contributed by atoms with Crippen molar-refractivity contribution in [2.75, 3.05) is 32.2 Å². The highest BCUT2D eigenvalue weighted by atomic mass is 16.5. The zero-order chi connectivity index (χ0) is 25.3. The molecular weight excluding hydrogens is 464 g/mol. The van der Waals surface area contributed by atoms with Crippen molar-refractivity contribution in [3.05, 3.63) is 102 Å². The third-order valence-corrected chi connectivity index (χ3v) is 6.42. The molecule has 0 aliphatic carbocycles. The minimum atomic E-state index is 0.267. The first-order valence-electron chi connectivity index (χ1n) is 12.7. The predicted octanol–water partition coefficient (Wildman–Crippen LogP) is 5.73. The molecule has 1 aromatic heterocycles. The number of hydrogen-bond donors (Lipinski definition) is 1. The lowest BCUT2D eigenvalue weighted by molar-refractivity contribution is 0.0832. The molecule has 3 aromatic carbocycles. The second-order valence-electron chi connectivity index (χ2n) is 9.09. The molecule has 1 aliphatic heterocycles. The normalized spacial score (nSPS) is 13.8. The Kier molecular flexibility index (Phi) is 8.23. The molecule has 1 aliphatic rings. The largest absolute Gasteiger partial charge is 0.497 e. The Morgan fingerprint density at radius 3 is 2.22 bits per heavy atom. The van der Waals surface area contributed by atoms with E-state index in [1.807, 2.05) is 42.5 Å². The number of methoxy groups -OCH3 is 1. The zero-order valence-corrected chi connectivity index (χ0v) is 21.1. The summed E-state index contributed by atoms with van der Waals surface area (Å²) in [5, 5.41) is 3.42.